The molecule has 26 heavy (non-hydrogen) atoms. The topological polar surface area (TPSA) is 151 Å². The number of nitrogens with zero attached hydrogens (tertiary/aromatic N) is 3. The summed E-state index contributed by atoms with van der Waals surface area (Å²) in [6.45, 7) is 2.34. The van der Waals surface area contributed by atoms with Gasteiger partial charge in [-0.2, -0.15) is 0 Å². The highest BCUT2D eigenvalue weighted by molar-refractivity contribution is 7.99. The van der Waals surface area contributed by atoms with Gasteiger partial charge in [0, 0.05) is 24.5 Å². The SMILES string of the molecule is CC[SH](N)(=O)NCCNc1nonc1/C(=N/O)Nc1ccc(F)c(Cl)c1. The Kier molecular flexibility index (Phi) is 6.85. The Morgan fingerprint density at radius 3 is 2.88 bits per heavy atom. The number of aromatic nitrogens is 2. The number of rotatable bonds is 8. The van der Waals surface area contributed by atoms with Crippen molar-refractivity contribution in [3.05, 3.63) is 34.7 Å². The molecular weight excluding hydrogens is 389 g/mol. The zero-order valence-corrected chi connectivity index (χ0v) is 15.4. The van der Waals surface area contributed by atoms with Gasteiger partial charge in [0.1, 0.15) is 5.82 Å². The molecule has 2 aromatic rings. The Labute approximate surface area is 154 Å². The molecule has 2 rings (SSSR count). The number of amidine groups is 1. The number of hydrogen-bond donors (Lipinski definition) is 6. The van der Waals surface area contributed by atoms with Crippen molar-refractivity contribution in [1.82, 2.24) is 15.0 Å². The maximum absolute atomic E-state index is 13.2. The first-order valence-corrected chi connectivity index (χ1v) is 9.84. The van der Waals surface area contributed by atoms with Gasteiger partial charge in [0.2, 0.25) is 11.7 Å². The van der Waals surface area contributed by atoms with Gasteiger partial charge >= 0.3 is 0 Å². The van der Waals surface area contributed by atoms with Crippen molar-refractivity contribution in [2.24, 2.45) is 10.3 Å². The first-order chi connectivity index (χ1) is 12.4. The van der Waals surface area contributed by atoms with Crippen LogP contribution in [0, 0.1) is 5.82 Å². The molecule has 0 saturated carbocycles. The van der Waals surface area contributed by atoms with E-state index in [0.717, 1.165) is 6.07 Å². The van der Waals surface area contributed by atoms with Gasteiger partial charge in [0.25, 0.3) is 0 Å². The molecule has 0 radical (unpaired) electrons. The third kappa shape index (κ3) is 5.36. The molecule has 0 amide bonds. The molecule has 0 fully saturated rings. The van der Waals surface area contributed by atoms with Gasteiger partial charge in [-0.3, -0.25) is 9.35 Å². The van der Waals surface area contributed by atoms with E-state index in [9.17, 15) is 13.8 Å². The quantitative estimate of drug-likeness (QED) is 0.0951. The summed E-state index contributed by atoms with van der Waals surface area (Å²) in [6, 6.07) is 3.88. The van der Waals surface area contributed by atoms with Crippen LogP contribution >= 0.6 is 11.6 Å². The normalized spacial score (nSPS) is 12.8. The predicted molar refractivity (Wildman–Crippen MR) is 98.4 cm³/mol. The highest BCUT2D eigenvalue weighted by Gasteiger charge is 2.18. The van der Waals surface area contributed by atoms with Crippen LogP contribution in [0.15, 0.2) is 28.0 Å². The van der Waals surface area contributed by atoms with Gasteiger partial charge in [-0.15, -0.1) is 0 Å². The second kappa shape index (κ2) is 8.89. The van der Waals surface area contributed by atoms with Crippen LogP contribution in [-0.2, 0) is 10.3 Å². The van der Waals surface area contributed by atoms with Gasteiger partial charge < -0.3 is 15.8 Å². The van der Waals surface area contributed by atoms with Crippen molar-refractivity contribution in [2.45, 2.75) is 6.92 Å². The molecule has 1 aromatic carbocycles. The number of thiol groups is 1. The largest absolute Gasteiger partial charge is 0.409 e. The summed E-state index contributed by atoms with van der Waals surface area (Å²) in [5.74, 6) is -0.164. The minimum absolute atomic E-state index is 0.0828. The Morgan fingerprint density at radius 1 is 1.46 bits per heavy atom. The zero-order chi connectivity index (χ0) is 19.2. The molecule has 0 spiro atoms. The van der Waals surface area contributed by atoms with Crippen LogP contribution in [0.25, 0.3) is 0 Å². The molecular formula is C13H19ClFN7O3S. The maximum Gasteiger partial charge on any atom is 0.203 e. The number of nitrogens with one attached hydrogen (secondary N) is 3. The molecule has 0 aliphatic heterocycles. The number of halogens is 2. The monoisotopic (exact) mass is 407 g/mol. The van der Waals surface area contributed by atoms with E-state index < -0.39 is 16.1 Å². The third-order valence-electron chi connectivity index (χ3n) is 3.26. The molecule has 144 valence electrons. The van der Waals surface area contributed by atoms with Crippen LogP contribution in [-0.4, -0.2) is 44.4 Å². The summed E-state index contributed by atoms with van der Waals surface area (Å²) in [5, 5.41) is 30.7. The van der Waals surface area contributed by atoms with Crippen LogP contribution in [0.1, 0.15) is 12.6 Å². The lowest BCUT2D eigenvalue weighted by molar-refractivity contribution is 0.305. The summed E-state index contributed by atoms with van der Waals surface area (Å²) in [7, 11) is -2.84. The lowest BCUT2D eigenvalue weighted by Crippen LogP contribution is -2.42. The fourth-order valence-electron chi connectivity index (χ4n) is 1.84. The zero-order valence-electron chi connectivity index (χ0n) is 13.7. The molecule has 1 aromatic heterocycles. The second-order valence-corrected chi connectivity index (χ2v) is 8.06. The lowest BCUT2D eigenvalue weighted by atomic mass is 10.3. The minimum atomic E-state index is -2.84. The third-order valence-corrected chi connectivity index (χ3v) is 5.25. The number of benzene rings is 1. The van der Waals surface area contributed by atoms with Gasteiger partial charge in [0.15, 0.2) is 5.69 Å². The fraction of sp³-hybridized carbons (Fsp3) is 0.308. The standard InChI is InChI=1S/C13H19ClFN7O3S/c1-2-26(16,24)18-6-5-17-12-11(21-25-22-12)13(20-23)19-8-3-4-10(15)9(14)7-8/h3-4,7,23,26H,2,5-6H2,1H3,(H,17,22)(H,19,20)(H3,16,18,24). The molecule has 0 saturated heterocycles. The molecule has 0 bridgehead atoms. The molecule has 13 heteroatoms. The van der Waals surface area contributed by atoms with Gasteiger partial charge in [-0.25, -0.2) is 13.7 Å². The average Bonchev–Trinajstić information content (AvgIpc) is 3.08. The van der Waals surface area contributed by atoms with Crippen LogP contribution in [0.4, 0.5) is 15.9 Å². The van der Waals surface area contributed by atoms with E-state index in [1.165, 1.54) is 12.1 Å². The molecule has 1 heterocycles. The van der Waals surface area contributed by atoms with Crippen LogP contribution in [0.3, 0.4) is 0 Å². The number of nitrogens with two attached hydrogens (primary N) is 1. The van der Waals surface area contributed by atoms with E-state index in [0.29, 0.717) is 24.5 Å². The minimum Gasteiger partial charge on any atom is -0.409 e. The first kappa shape index (κ1) is 20.0. The van der Waals surface area contributed by atoms with E-state index in [1.807, 2.05) is 0 Å². The average molecular weight is 408 g/mol. The maximum atomic E-state index is 13.2. The number of oxime groups is 1. The summed E-state index contributed by atoms with van der Waals surface area (Å²) < 4.78 is 32.3. The van der Waals surface area contributed by atoms with Gasteiger partial charge in [-0.1, -0.05) is 23.7 Å². The van der Waals surface area contributed by atoms with E-state index in [2.05, 4.69) is 35.5 Å². The first-order valence-electron chi connectivity index (χ1n) is 7.50. The van der Waals surface area contributed by atoms with Crippen molar-refractivity contribution in [3.63, 3.8) is 0 Å². The van der Waals surface area contributed by atoms with Crippen molar-refractivity contribution >= 4 is 39.2 Å². The summed E-state index contributed by atoms with van der Waals surface area (Å²) in [4.78, 5) is 0. The Balaban J connectivity index is 2.02. The molecule has 0 atom stereocenters. The molecule has 0 aliphatic carbocycles. The highest BCUT2D eigenvalue weighted by Crippen LogP contribution is 2.20. The smallest absolute Gasteiger partial charge is 0.203 e. The number of anilines is 2. The fourth-order valence-corrected chi connectivity index (χ4v) is 2.73. The molecule has 0 unspecified atom stereocenters. The highest BCUT2D eigenvalue weighted by atomic mass is 35.5. The van der Waals surface area contributed by atoms with Gasteiger partial charge in [0.05, 0.1) is 5.02 Å². The van der Waals surface area contributed by atoms with E-state index in [4.69, 9.17) is 16.7 Å². The van der Waals surface area contributed by atoms with Crippen molar-refractivity contribution in [1.29, 1.82) is 0 Å². The van der Waals surface area contributed by atoms with E-state index in [-0.39, 0.29) is 22.4 Å². The Morgan fingerprint density at radius 2 is 2.23 bits per heavy atom. The number of hydrogen-bond acceptors (Lipinski definition) is 7. The Hall–Kier alpha value is -2.28. The van der Waals surface area contributed by atoms with Crippen LogP contribution < -0.4 is 20.5 Å². The second-order valence-electron chi connectivity index (χ2n) is 5.11. The van der Waals surface area contributed by atoms with Gasteiger partial charge in [-0.05, 0) is 38.8 Å². The van der Waals surface area contributed by atoms with Crippen LogP contribution in [0.2, 0.25) is 5.02 Å². The molecule has 6 N–H and O–H groups in total. The lowest BCUT2D eigenvalue weighted by Gasteiger charge is -2.18. The summed E-state index contributed by atoms with van der Waals surface area (Å²) in [5.41, 5.74) is 0.450. The molecule has 0 aliphatic rings. The van der Waals surface area contributed by atoms with Crippen molar-refractivity contribution < 1.29 is 18.4 Å². The summed E-state index contributed by atoms with van der Waals surface area (Å²) in [6.07, 6.45) is 0. The van der Waals surface area contributed by atoms with E-state index in [1.54, 1.807) is 6.92 Å². The predicted octanol–water partition coefficient (Wildman–Crippen LogP) is 0.937. The Bertz CT molecular complexity index is 832. The van der Waals surface area contributed by atoms with Crippen molar-refractivity contribution in [3.8, 4) is 0 Å². The van der Waals surface area contributed by atoms with E-state index >= 15 is 0 Å². The van der Waals surface area contributed by atoms with Crippen molar-refractivity contribution in [2.75, 3.05) is 29.5 Å². The molecule has 10 nitrogen and oxygen atoms in total. The summed E-state index contributed by atoms with van der Waals surface area (Å²) >= 11 is 5.71. The van der Waals surface area contributed by atoms with Crippen LogP contribution in [0.5, 0.6) is 0 Å².